The third-order valence-electron chi connectivity index (χ3n) is 9.34. The van der Waals surface area contributed by atoms with E-state index in [1.165, 1.54) is 38.5 Å². The zero-order valence-corrected chi connectivity index (χ0v) is 22.7. The van der Waals surface area contributed by atoms with Crippen LogP contribution in [-0.2, 0) is 20.3 Å². The number of allylic oxidation sites excluding steroid dienone is 8. The van der Waals surface area contributed by atoms with E-state index in [1.54, 1.807) is 8.26 Å². The Morgan fingerprint density at radius 2 is 1.10 bits per heavy atom. The number of hydrogen-bond donors (Lipinski definition) is 0. The standard InChI is InChI=1S/2C12H17.C2H4.2ClH.Zr/c2*1-12(2)9-4-3-6-10-7-5-8-11(10)12;1-2;;;/h2*3-4,6-7,11H,5,8-9H2,1-2H3;1-2H2;2*1H;/q;;;;;+2/p-2. The van der Waals surface area contributed by atoms with E-state index in [4.69, 9.17) is 0 Å². The third kappa shape index (κ3) is 3.89. The molecule has 0 amide bonds. The van der Waals surface area contributed by atoms with Gasteiger partial charge in [-0.3, -0.25) is 0 Å². The van der Waals surface area contributed by atoms with Crippen molar-refractivity contribution >= 4 is 0 Å². The third-order valence-corrected chi connectivity index (χ3v) is 23.3. The molecule has 1 heterocycles. The number of fused-ring (bicyclic) bond motifs is 2. The fraction of sp³-hybridized carbons (Fsp3) is 0.692. The van der Waals surface area contributed by atoms with Crippen molar-refractivity contribution < 1.29 is 45.1 Å². The molecule has 1 aliphatic heterocycles. The Hall–Kier alpha value is 0.423. The van der Waals surface area contributed by atoms with Crippen LogP contribution in [0.2, 0.25) is 15.5 Å². The smallest absolute Gasteiger partial charge is 1.00 e. The zero-order chi connectivity index (χ0) is 18.9. The molecule has 3 fully saturated rings. The summed E-state index contributed by atoms with van der Waals surface area (Å²) in [6, 6.07) is 0. The normalized spacial score (nSPS) is 36.6. The van der Waals surface area contributed by atoms with Gasteiger partial charge in [-0.1, -0.05) is 0 Å². The first-order valence-corrected chi connectivity index (χ1v) is 17.9. The van der Waals surface area contributed by atoms with Crippen LogP contribution >= 0.6 is 0 Å². The molecule has 0 nitrogen and oxygen atoms in total. The molecule has 0 aromatic carbocycles. The minimum absolute atomic E-state index is 0. The molecule has 29 heavy (non-hydrogen) atoms. The van der Waals surface area contributed by atoms with Gasteiger partial charge in [0.1, 0.15) is 0 Å². The Morgan fingerprint density at radius 3 is 1.48 bits per heavy atom. The fourth-order valence-corrected chi connectivity index (χ4v) is 25.6. The van der Waals surface area contributed by atoms with E-state index in [1.807, 2.05) is 11.1 Å². The van der Waals surface area contributed by atoms with Crippen LogP contribution in [0.4, 0.5) is 0 Å². The minimum atomic E-state index is -2.09. The predicted molar refractivity (Wildman–Crippen MR) is 114 cm³/mol. The Bertz CT molecular complexity index is 691. The molecule has 1 saturated heterocycles. The Morgan fingerprint density at radius 1 is 0.690 bits per heavy atom. The molecule has 5 aliphatic rings. The fourth-order valence-electron chi connectivity index (χ4n) is 7.68. The van der Waals surface area contributed by atoms with Crippen LogP contribution < -0.4 is 24.8 Å². The van der Waals surface area contributed by atoms with Gasteiger partial charge in [-0.25, -0.2) is 0 Å². The molecule has 0 radical (unpaired) electrons. The first-order chi connectivity index (χ1) is 12.9. The molecule has 0 aromatic heterocycles. The van der Waals surface area contributed by atoms with Gasteiger partial charge >= 0.3 is 172 Å². The van der Waals surface area contributed by atoms with Crippen molar-refractivity contribution in [2.75, 3.05) is 0 Å². The molecule has 0 N–H and O–H groups in total. The Kier molecular flexibility index (Phi) is 6.98. The molecule has 0 bridgehead atoms. The summed E-state index contributed by atoms with van der Waals surface area (Å²) < 4.78 is 5.50. The monoisotopic (exact) mass is 510 g/mol. The van der Waals surface area contributed by atoms with Crippen LogP contribution in [0.1, 0.15) is 66.2 Å². The summed E-state index contributed by atoms with van der Waals surface area (Å²) >= 11 is -2.09. The maximum Gasteiger partial charge on any atom is -1.00 e. The molecule has 4 unspecified atom stereocenters. The Labute approximate surface area is 196 Å². The van der Waals surface area contributed by atoms with Gasteiger partial charge in [0.05, 0.1) is 0 Å². The van der Waals surface area contributed by atoms with E-state index in [9.17, 15) is 0 Å². The number of halogens is 2. The summed E-state index contributed by atoms with van der Waals surface area (Å²) in [5.41, 5.74) is 4.80. The summed E-state index contributed by atoms with van der Waals surface area (Å²) in [6.07, 6.45) is 23.5. The van der Waals surface area contributed by atoms with Crippen molar-refractivity contribution in [3.8, 4) is 0 Å². The molecule has 160 valence electrons. The van der Waals surface area contributed by atoms with E-state index < -0.39 is 20.3 Å². The molecule has 4 atom stereocenters. The van der Waals surface area contributed by atoms with Crippen LogP contribution in [0.15, 0.2) is 47.6 Å². The summed E-state index contributed by atoms with van der Waals surface area (Å²) in [5.74, 6) is 1.73. The number of rotatable bonds is 2. The molecule has 5 rings (SSSR count). The van der Waals surface area contributed by atoms with Gasteiger partial charge in [0.25, 0.3) is 0 Å². The van der Waals surface area contributed by atoms with Gasteiger partial charge in [-0.05, 0) is 0 Å². The van der Waals surface area contributed by atoms with E-state index in [0.29, 0.717) is 10.8 Å². The van der Waals surface area contributed by atoms with E-state index >= 15 is 0 Å². The van der Waals surface area contributed by atoms with Crippen molar-refractivity contribution in [2.24, 2.45) is 22.7 Å². The summed E-state index contributed by atoms with van der Waals surface area (Å²) in [5, 5.41) is 0. The average Bonchev–Trinajstić information content (AvgIpc) is 3.18. The van der Waals surface area contributed by atoms with Crippen molar-refractivity contribution in [2.45, 2.75) is 81.7 Å². The SMILES string of the molecule is CC1(C)CC=CC=C2C1CC[CH]2[Zr+2]1([CH]2CCC3C2=CC=CCC3(C)C)[CH2][CH2]1.[Cl-].[Cl-]. The molecule has 0 aromatic rings. The quantitative estimate of drug-likeness (QED) is 0.533. The summed E-state index contributed by atoms with van der Waals surface area (Å²) in [6.45, 7) is 10.1. The maximum atomic E-state index is 2.60. The van der Waals surface area contributed by atoms with Crippen LogP contribution in [0, 0.1) is 22.7 Å². The molecule has 2 saturated carbocycles. The van der Waals surface area contributed by atoms with Crippen LogP contribution in [0.25, 0.3) is 0 Å². The molecular formula is C26H38Cl2Zr. The van der Waals surface area contributed by atoms with Crippen LogP contribution in [-0.4, -0.2) is 0 Å². The summed E-state index contributed by atoms with van der Waals surface area (Å²) in [4.78, 5) is 0. The first kappa shape index (κ1) is 24.1. The minimum Gasteiger partial charge on any atom is -1.00 e. The van der Waals surface area contributed by atoms with Gasteiger partial charge in [-0.2, -0.15) is 0 Å². The predicted octanol–water partition coefficient (Wildman–Crippen LogP) is 2.22. The van der Waals surface area contributed by atoms with E-state index in [0.717, 1.165) is 19.1 Å². The van der Waals surface area contributed by atoms with Crippen molar-refractivity contribution in [3.63, 3.8) is 0 Å². The first-order valence-electron chi connectivity index (χ1n) is 11.6. The van der Waals surface area contributed by atoms with Gasteiger partial charge in [0, 0.05) is 0 Å². The van der Waals surface area contributed by atoms with Gasteiger partial charge in [0.15, 0.2) is 0 Å². The zero-order valence-electron chi connectivity index (χ0n) is 18.7. The molecule has 3 heteroatoms. The van der Waals surface area contributed by atoms with E-state index in [2.05, 4.69) is 64.2 Å². The molecule has 4 aliphatic carbocycles. The van der Waals surface area contributed by atoms with Crippen molar-refractivity contribution in [3.05, 3.63) is 47.6 Å². The number of hydrogen-bond acceptors (Lipinski definition) is 0. The average molecular weight is 513 g/mol. The second kappa shape index (κ2) is 8.41. The molecular weight excluding hydrogens is 474 g/mol. The maximum absolute atomic E-state index is 2.60. The van der Waals surface area contributed by atoms with Crippen molar-refractivity contribution in [1.82, 2.24) is 0 Å². The second-order valence-electron chi connectivity index (χ2n) is 11.7. The van der Waals surface area contributed by atoms with Gasteiger partial charge in [0.2, 0.25) is 0 Å². The molecule has 0 spiro atoms. The largest absolute Gasteiger partial charge is 1.00 e. The van der Waals surface area contributed by atoms with Gasteiger partial charge < -0.3 is 24.8 Å². The van der Waals surface area contributed by atoms with Crippen LogP contribution in [0.3, 0.4) is 0 Å². The van der Waals surface area contributed by atoms with E-state index in [-0.39, 0.29) is 24.8 Å². The van der Waals surface area contributed by atoms with Crippen LogP contribution in [0.5, 0.6) is 0 Å². The van der Waals surface area contributed by atoms with Crippen molar-refractivity contribution in [1.29, 1.82) is 0 Å². The second-order valence-corrected chi connectivity index (χ2v) is 23.6. The van der Waals surface area contributed by atoms with Gasteiger partial charge in [-0.15, -0.1) is 0 Å². The Balaban J connectivity index is 0.00000120. The topological polar surface area (TPSA) is 0 Å². The summed E-state index contributed by atoms with van der Waals surface area (Å²) in [7, 11) is 0.